The molecule has 1 aromatic carbocycles. The van der Waals surface area contributed by atoms with E-state index in [0.29, 0.717) is 12.6 Å². The first-order valence-electron chi connectivity index (χ1n) is 8.05. The maximum absolute atomic E-state index is 5.78. The Bertz CT molecular complexity index is 404. The van der Waals surface area contributed by atoms with Gasteiger partial charge in [-0.3, -0.25) is 0 Å². The molecule has 0 saturated carbocycles. The molecule has 21 heavy (non-hydrogen) atoms. The van der Waals surface area contributed by atoms with E-state index in [1.54, 1.807) is 7.11 Å². The molecule has 1 N–H and O–H groups in total. The van der Waals surface area contributed by atoms with Gasteiger partial charge in [-0.05, 0) is 51.0 Å². The van der Waals surface area contributed by atoms with Crippen molar-refractivity contribution in [2.24, 2.45) is 0 Å². The summed E-state index contributed by atoms with van der Waals surface area (Å²) in [7, 11) is 1.67. The van der Waals surface area contributed by atoms with E-state index < -0.39 is 0 Å². The molecule has 118 valence electrons. The van der Waals surface area contributed by atoms with Gasteiger partial charge >= 0.3 is 0 Å². The minimum absolute atomic E-state index is 0.638. The van der Waals surface area contributed by atoms with E-state index in [-0.39, 0.29) is 0 Å². The Morgan fingerprint density at radius 3 is 2.57 bits per heavy atom. The molecule has 0 amide bonds. The SMILES string of the molecule is CCCN1CCC(NCCOc2ccccc2OC)CC1. The van der Waals surface area contributed by atoms with Crippen molar-refractivity contribution in [2.75, 3.05) is 39.9 Å². The lowest BCUT2D eigenvalue weighted by atomic mass is 10.1. The van der Waals surface area contributed by atoms with Gasteiger partial charge < -0.3 is 19.7 Å². The highest BCUT2D eigenvalue weighted by atomic mass is 16.5. The van der Waals surface area contributed by atoms with Gasteiger partial charge in [-0.15, -0.1) is 0 Å². The van der Waals surface area contributed by atoms with Crippen LogP contribution in [0.25, 0.3) is 0 Å². The molecule has 1 heterocycles. The molecule has 0 bridgehead atoms. The largest absolute Gasteiger partial charge is 0.493 e. The first-order chi connectivity index (χ1) is 10.3. The summed E-state index contributed by atoms with van der Waals surface area (Å²) in [6.45, 7) is 7.49. The molecule has 4 heteroatoms. The van der Waals surface area contributed by atoms with Gasteiger partial charge in [0.15, 0.2) is 11.5 Å². The topological polar surface area (TPSA) is 33.7 Å². The first kappa shape index (κ1) is 16.1. The molecule has 1 fully saturated rings. The molecule has 1 saturated heterocycles. The Morgan fingerprint density at radius 2 is 1.90 bits per heavy atom. The average molecular weight is 292 g/mol. The Morgan fingerprint density at radius 1 is 1.19 bits per heavy atom. The third-order valence-electron chi connectivity index (χ3n) is 3.99. The Balaban J connectivity index is 1.62. The molecule has 0 unspecified atom stereocenters. The fraction of sp³-hybridized carbons (Fsp3) is 0.647. The molecular weight excluding hydrogens is 264 g/mol. The van der Waals surface area contributed by atoms with Crippen molar-refractivity contribution < 1.29 is 9.47 Å². The van der Waals surface area contributed by atoms with Crippen LogP contribution in [0.5, 0.6) is 11.5 Å². The van der Waals surface area contributed by atoms with Gasteiger partial charge in [0, 0.05) is 12.6 Å². The zero-order valence-electron chi connectivity index (χ0n) is 13.3. The fourth-order valence-corrected chi connectivity index (χ4v) is 2.84. The average Bonchev–Trinajstić information content (AvgIpc) is 2.54. The van der Waals surface area contributed by atoms with Gasteiger partial charge in [0.2, 0.25) is 0 Å². The molecule has 0 aromatic heterocycles. The zero-order chi connectivity index (χ0) is 14.9. The second-order valence-corrected chi connectivity index (χ2v) is 5.57. The van der Waals surface area contributed by atoms with Crippen molar-refractivity contribution in [3.63, 3.8) is 0 Å². The summed E-state index contributed by atoms with van der Waals surface area (Å²) in [5, 5.41) is 3.60. The highest BCUT2D eigenvalue weighted by Gasteiger charge is 2.17. The van der Waals surface area contributed by atoms with Crippen molar-refractivity contribution in [3.05, 3.63) is 24.3 Å². The van der Waals surface area contributed by atoms with Crippen LogP contribution in [0.2, 0.25) is 0 Å². The standard InChI is InChI=1S/C17H28N2O2/c1-3-11-19-12-8-15(9-13-19)18-10-14-21-17-7-5-4-6-16(17)20-2/h4-7,15,18H,3,8-14H2,1-2H3. The number of methoxy groups -OCH3 is 1. The minimum atomic E-state index is 0.638. The molecule has 1 aromatic rings. The maximum Gasteiger partial charge on any atom is 0.161 e. The van der Waals surface area contributed by atoms with Crippen molar-refractivity contribution in [2.45, 2.75) is 32.2 Å². The molecule has 1 aliphatic heterocycles. The van der Waals surface area contributed by atoms with Crippen LogP contribution < -0.4 is 14.8 Å². The molecule has 1 aliphatic rings. The van der Waals surface area contributed by atoms with Gasteiger partial charge in [-0.25, -0.2) is 0 Å². The number of hydrogen-bond donors (Lipinski definition) is 1. The van der Waals surface area contributed by atoms with E-state index in [0.717, 1.165) is 18.0 Å². The number of ether oxygens (including phenoxy) is 2. The van der Waals surface area contributed by atoms with Gasteiger partial charge in [0.05, 0.1) is 7.11 Å². The summed E-state index contributed by atoms with van der Waals surface area (Å²) in [6.07, 6.45) is 3.74. The second kappa shape index (κ2) is 8.90. The van der Waals surface area contributed by atoms with Gasteiger partial charge in [0.25, 0.3) is 0 Å². The second-order valence-electron chi connectivity index (χ2n) is 5.57. The van der Waals surface area contributed by atoms with Crippen molar-refractivity contribution in [3.8, 4) is 11.5 Å². The Hall–Kier alpha value is -1.26. The smallest absolute Gasteiger partial charge is 0.161 e. The zero-order valence-corrected chi connectivity index (χ0v) is 13.3. The first-order valence-corrected chi connectivity index (χ1v) is 8.05. The number of likely N-dealkylation sites (tertiary alicyclic amines) is 1. The lowest BCUT2D eigenvalue weighted by Crippen LogP contribution is -2.43. The summed E-state index contributed by atoms with van der Waals surface area (Å²) in [6, 6.07) is 8.43. The van der Waals surface area contributed by atoms with E-state index in [4.69, 9.17) is 9.47 Å². The molecule has 0 radical (unpaired) electrons. The van der Waals surface area contributed by atoms with Crippen LogP contribution in [-0.4, -0.2) is 50.8 Å². The summed E-state index contributed by atoms with van der Waals surface area (Å²) in [5.74, 6) is 1.62. The predicted octanol–water partition coefficient (Wildman–Crippen LogP) is 2.54. The van der Waals surface area contributed by atoms with Crippen LogP contribution >= 0.6 is 0 Å². The van der Waals surface area contributed by atoms with Crippen LogP contribution in [-0.2, 0) is 0 Å². The quantitative estimate of drug-likeness (QED) is 0.747. The number of nitrogens with zero attached hydrogens (tertiary/aromatic N) is 1. The summed E-state index contributed by atoms with van der Waals surface area (Å²) in [4.78, 5) is 2.56. The third kappa shape index (κ3) is 5.21. The highest BCUT2D eigenvalue weighted by Crippen LogP contribution is 2.25. The maximum atomic E-state index is 5.78. The van der Waals surface area contributed by atoms with E-state index in [1.165, 1.54) is 38.9 Å². The molecule has 4 nitrogen and oxygen atoms in total. The third-order valence-corrected chi connectivity index (χ3v) is 3.99. The number of hydrogen-bond acceptors (Lipinski definition) is 4. The lowest BCUT2D eigenvalue weighted by molar-refractivity contribution is 0.192. The molecule has 0 atom stereocenters. The number of nitrogens with one attached hydrogen (secondary N) is 1. The van der Waals surface area contributed by atoms with Crippen LogP contribution in [0, 0.1) is 0 Å². The molecular formula is C17H28N2O2. The van der Waals surface area contributed by atoms with Gasteiger partial charge in [0.1, 0.15) is 6.61 Å². The number of benzene rings is 1. The summed E-state index contributed by atoms with van der Waals surface area (Å²) in [5.41, 5.74) is 0. The number of rotatable bonds is 8. The van der Waals surface area contributed by atoms with E-state index in [9.17, 15) is 0 Å². The van der Waals surface area contributed by atoms with Crippen LogP contribution in [0.15, 0.2) is 24.3 Å². The van der Waals surface area contributed by atoms with Crippen molar-refractivity contribution in [1.82, 2.24) is 10.2 Å². The highest BCUT2D eigenvalue weighted by molar-refractivity contribution is 5.39. The molecule has 2 rings (SSSR count). The lowest BCUT2D eigenvalue weighted by Gasteiger charge is -2.32. The van der Waals surface area contributed by atoms with Crippen molar-refractivity contribution >= 4 is 0 Å². The van der Waals surface area contributed by atoms with E-state index in [1.807, 2.05) is 24.3 Å². The fourth-order valence-electron chi connectivity index (χ4n) is 2.84. The van der Waals surface area contributed by atoms with Gasteiger partial charge in [-0.2, -0.15) is 0 Å². The minimum Gasteiger partial charge on any atom is -0.493 e. The monoisotopic (exact) mass is 292 g/mol. The number of piperidine rings is 1. The predicted molar refractivity (Wildman–Crippen MR) is 86.2 cm³/mol. The normalized spacial score (nSPS) is 16.9. The summed E-state index contributed by atoms with van der Waals surface area (Å²) >= 11 is 0. The van der Waals surface area contributed by atoms with Crippen LogP contribution in [0.1, 0.15) is 26.2 Å². The van der Waals surface area contributed by atoms with Gasteiger partial charge in [-0.1, -0.05) is 19.1 Å². The van der Waals surface area contributed by atoms with E-state index in [2.05, 4.69) is 17.1 Å². The van der Waals surface area contributed by atoms with Crippen LogP contribution in [0.3, 0.4) is 0 Å². The Kier molecular flexibility index (Phi) is 6.83. The number of para-hydroxylation sites is 2. The summed E-state index contributed by atoms with van der Waals surface area (Å²) < 4.78 is 11.1. The van der Waals surface area contributed by atoms with E-state index >= 15 is 0 Å². The Labute approximate surface area is 128 Å². The molecule has 0 spiro atoms. The van der Waals surface area contributed by atoms with Crippen molar-refractivity contribution in [1.29, 1.82) is 0 Å². The van der Waals surface area contributed by atoms with Crippen LogP contribution in [0.4, 0.5) is 0 Å². The molecule has 0 aliphatic carbocycles.